The first-order chi connectivity index (χ1) is 14.5. The summed E-state index contributed by atoms with van der Waals surface area (Å²) in [5.74, 6) is -0.0711. The Morgan fingerprint density at radius 2 is 1.83 bits per heavy atom. The van der Waals surface area contributed by atoms with Gasteiger partial charge in [0.1, 0.15) is 5.70 Å². The van der Waals surface area contributed by atoms with Crippen LogP contribution in [0.5, 0.6) is 0 Å². The normalized spacial score (nSPS) is 18.1. The summed E-state index contributed by atoms with van der Waals surface area (Å²) < 4.78 is 0. The molecule has 2 aliphatic rings. The lowest BCUT2D eigenvalue weighted by Gasteiger charge is -2.25. The highest BCUT2D eigenvalue weighted by atomic mass is 35.5. The number of benzene rings is 2. The lowest BCUT2D eigenvalue weighted by atomic mass is 10.00. The molecule has 156 valence electrons. The summed E-state index contributed by atoms with van der Waals surface area (Å²) in [6.07, 6.45) is 4.23. The van der Waals surface area contributed by atoms with Crippen molar-refractivity contribution in [3.63, 3.8) is 0 Å². The average Bonchev–Trinajstić information content (AvgIpc) is 3.22. The maximum atomic E-state index is 13.6. The Hall–Kier alpha value is -2.63. The number of carbonyl (C=O) groups is 1. The highest BCUT2D eigenvalue weighted by Gasteiger charge is 2.29. The molecule has 0 radical (unpaired) electrons. The second-order valence-corrected chi connectivity index (χ2v) is 8.44. The van der Waals surface area contributed by atoms with Crippen LogP contribution in [0.25, 0.3) is 0 Å². The van der Waals surface area contributed by atoms with Gasteiger partial charge in [-0.15, -0.1) is 0 Å². The van der Waals surface area contributed by atoms with E-state index in [0.29, 0.717) is 17.3 Å². The molecule has 2 aromatic carbocycles. The van der Waals surface area contributed by atoms with Crippen LogP contribution >= 0.6 is 11.6 Å². The number of benzodiazepines with no additional fused rings is 1. The van der Waals surface area contributed by atoms with E-state index in [1.165, 1.54) is 0 Å². The van der Waals surface area contributed by atoms with E-state index >= 15 is 0 Å². The molecule has 0 bridgehead atoms. The van der Waals surface area contributed by atoms with Crippen molar-refractivity contribution in [2.75, 3.05) is 45.2 Å². The van der Waals surface area contributed by atoms with Crippen molar-refractivity contribution in [2.24, 2.45) is 4.99 Å². The predicted molar refractivity (Wildman–Crippen MR) is 123 cm³/mol. The number of halogens is 1. The van der Waals surface area contributed by atoms with Gasteiger partial charge in [0.25, 0.3) is 5.91 Å². The van der Waals surface area contributed by atoms with Gasteiger partial charge in [0.05, 0.1) is 11.4 Å². The van der Waals surface area contributed by atoms with Crippen molar-refractivity contribution in [3.8, 4) is 0 Å². The molecule has 0 aliphatic carbocycles. The van der Waals surface area contributed by atoms with Crippen LogP contribution in [-0.4, -0.2) is 61.7 Å². The van der Waals surface area contributed by atoms with Crippen LogP contribution in [0.15, 0.2) is 65.4 Å². The molecule has 2 aliphatic heterocycles. The van der Waals surface area contributed by atoms with E-state index < -0.39 is 0 Å². The minimum Gasteiger partial charge on any atom is -0.375 e. The number of likely N-dealkylation sites (tertiary alicyclic amines) is 1. The molecule has 1 saturated heterocycles. The summed E-state index contributed by atoms with van der Waals surface area (Å²) in [4.78, 5) is 24.7. The summed E-state index contributed by atoms with van der Waals surface area (Å²) in [7, 11) is 4.02. The van der Waals surface area contributed by atoms with Crippen LogP contribution in [0.1, 0.15) is 24.0 Å². The van der Waals surface area contributed by atoms with Gasteiger partial charge in [-0.1, -0.05) is 41.9 Å². The lowest BCUT2D eigenvalue weighted by Crippen LogP contribution is -2.37. The van der Waals surface area contributed by atoms with E-state index in [0.717, 1.165) is 55.0 Å². The molecule has 30 heavy (non-hydrogen) atoms. The first kappa shape index (κ1) is 20.6. The van der Waals surface area contributed by atoms with Crippen LogP contribution in [0, 0.1) is 0 Å². The quantitative estimate of drug-likeness (QED) is 0.683. The number of amides is 1. The van der Waals surface area contributed by atoms with Crippen LogP contribution in [0.4, 0.5) is 5.69 Å². The van der Waals surface area contributed by atoms with Crippen LogP contribution < -0.4 is 4.90 Å². The SMILES string of the molecule is CN(C)CCN1C(=O)/C(=C\N2CCCC2)N=C(c2ccccc2)c2cc(Cl)ccc21. The second kappa shape index (κ2) is 9.02. The summed E-state index contributed by atoms with van der Waals surface area (Å²) in [6, 6.07) is 15.7. The van der Waals surface area contributed by atoms with Gasteiger partial charge in [-0.05, 0) is 45.1 Å². The fraction of sp³-hybridized carbons (Fsp3) is 0.333. The number of carbonyl (C=O) groups excluding carboxylic acids is 1. The smallest absolute Gasteiger partial charge is 0.278 e. The van der Waals surface area contributed by atoms with Gasteiger partial charge >= 0.3 is 0 Å². The van der Waals surface area contributed by atoms with Gasteiger partial charge in [-0.2, -0.15) is 0 Å². The highest BCUT2D eigenvalue weighted by Crippen LogP contribution is 2.32. The number of hydrogen-bond acceptors (Lipinski definition) is 4. The Bertz CT molecular complexity index is 978. The van der Waals surface area contributed by atoms with Crippen molar-refractivity contribution >= 4 is 28.9 Å². The van der Waals surface area contributed by atoms with E-state index in [1.807, 2.05) is 73.7 Å². The molecule has 2 aromatic rings. The van der Waals surface area contributed by atoms with Gasteiger partial charge in [-0.25, -0.2) is 4.99 Å². The molecule has 0 aromatic heterocycles. The highest BCUT2D eigenvalue weighted by molar-refractivity contribution is 6.32. The first-order valence-electron chi connectivity index (χ1n) is 10.4. The molecule has 0 N–H and O–H groups in total. The predicted octanol–water partition coefficient (Wildman–Crippen LogP) is 4.02. The molecule has 0 atom stereocenters. The Balaban J connectivity index is 1.88. The van der Waals surface area contributed by atoms with Gasteiger partial charge in [0, 0.05) is 48.5 Å². The Morgan fingerprint density at radius 1 is 1.10 bits per heavy atom. The summed E-state index contributed by atoms with van der Waals surface area (Å²) in [6.45, 7) is 3.26. The lowest BCUT2D eigenvalue weighted by molar-refractivity contribution is -0.115. The van der Waals surface area contributed by atoms with Gasteiger partial charge in [0.15, 0.2) is 0 Å². The van der Waals surface area contributed by atoms with E-state index in [-0.39, 0.29) is 5.91 Å². The van der Waals surface area contributed by atoms with Crippen molar-refractivity contribution < 1.29 is 4.79 Å². The Labute approximate surface area is 183 Å². The monoisotopic (exact) mass is 422 g/mol. The third kappa shape index (κ3) is 4.42. The molecule has 1 amide bonds. The second-order valence-electron chi connectivity index (χ2n) is 8.01. The number of rotatable bonds is 5. The number of nitrogens with zero attached hydrogens (tertiary/aromatic N) is 4. The fourth-order valence-electron chi connectivity index (χ4n) is 3.88. The van der Waals surface area contributed by atoms with E-state index in [1.54, 1.807) is 0 Å². The molecular weight excluding hydrogens is 396 g/mol. The topological polar surface area (TPSA) is 39.1 Å². The van der Waals surface area contributed by atoms with Crippen molar-refractivity contribution in [3.05, 3.63) is 76.6 Å². The van der Waals surface area contributed by atoms with Crippen molar-refractivity contribution in [2.45, 2.75) is 12.8 Å². The molecule has 2 heterocycles. The van der Waals surface area contributed by atoms with Crippen molar-refractivity contribution in [1.82, 2.24) is 9.80 Å². The maximum Gasteiger partial charge on any atom is 0.278 e. The largest absolute Gasteiger partial charge is 0.375 e. The molecule has 0 spiro atoms. The third-order valence-corrected chi connectivity index (χ3v) is 5.70. The molecule has 6 heteroatoms. The number of anilines is 1. The number of hydrogen-bond donors (Lipinski definition) is 0. The zero-order chi connectivity index (χ0) is 21.1. The van der Waals surface area contributed by atoms with E-state index in [9.17, 15) is 4.79 Å². The van der Waals surface area contributed by atoms with Gasteiger partial charge < -0.3 is 14.7 Å². The van der Waals surface area contributed by atoms with Crippen molar-refractivity contribution in [1.29, 1.82) is 0 Å². The summed E-state index contributed by atoms with van der Waals surface area (Å²) >= 11 is 6.38. The number of fused-ring (bicyclic) bond motifs is 1. The Morgan fingerprint density at radius 3 is 2.53 bits per heavy atom. The standard InChI is InChI=1S/C24H27ClN4O/c1-27(2)14-15-29-22-11-10-19(25)16-20(22)23(18-8-4-3-5-9-18)26-21(24(29)30)17-28-12-6-7-13-28/h3-5,8-11,16-17H,6-7,12-15H2,1-2H3/b21-17+. The van der Waals surface area contributed by atoms with Crippen LogP contribution in [0.3, 0.4) is 0 Å². The van der Waals surface area contributed by atoms with E-state index in [2.05, 4.69) is 9.80 Å². The molecule has 0 saturated carbocycles. The summed E-state index contributed by atoms with van der Waals surface area (Å²) in [5.41, 5.74) is 3.95. The summed E-state index contributed by atoms with van der Waals surface area (Å²) in [5, 5.41) is 0.629. The molecule has 0 unspecified atom stereocenters. The van der Waals surface area contributed by atoms with E-state index in [4.69, 9.17) is 16.6 Å². The maximum absolute atomic E-state index is 13.6. The fourth-order valence-corrected chi connectivity index (χ4v) is 4.05. The zero-order valence-electron chi connectivity index (χ0n) is 17.5. The average molecular weight is 423 g/mol. The van der Waals surface area contributed by atoms with Gasteiger partial charge in [0.2, 0.25) is 0 Å². The number of aliphatic imine (C=N–C) groups is 1. The van der Waals surface area contributed by atoms with Gasteiger partial charge in [-0.3, -0.25) is 4.79 Å². The van der Waals surface area contributed by atoms with Crippen LogP contribution in [0.2, 0.25) is 5.02 Å². The molecule has 5 nitrogen and oxygen atoms in total. The minimum atomic E-state index is -0.0711. The minimum absolute atomic E-state index is 0.0711. The molecule has 4 rings (SSSR count). The van der Waals surface area contributed by atoms with Crippen LogP contribution in [-0.2, 0) is 4.79 Å². The third-order valence-electron chi connectivity index (χ3n) is 5.46. The Kier molecular flexibility index (Phi) is 6.21. The first-order valence-corrected chi connectivity index (χ1v) is 10.8. The molecule has 1 fully saturated rings. The molecular formula is C24H27ClN4O. The zero-order valence-corrected chi connectivity index (χ0v) is 18.3. The number of likely N-dealkylation sites (N-methyl/N-ethyl adjacent to an activating group) is 1.